The van der Waals surface area contributed by atoms with E-state index in [0.717, 1.165) is 0 Å². The Morgan fingerprint density at radius 1 is 1.68 bits per heavy atom. The van der Waals surface area contributed by atoms with Gasteiger partial charge in [0.2, 0.25) is 5.91 Å². The van der Waals surface area contributed by atoms with Crippen LogP contribution in [0.1, 0.15) is 37.6 Å². The van der Waals surface area contributed by atoms with Crippen molar-refractivity contribution in [3.8, 4) is 0 Å². The predicted octanol–water partition coefficient (Wildman–Crippen LogP) is -0.676. The molecular formula is C11H16N4O4. The second-order valence-corrected chi connectivity index (χ2v) is 4.54. The number of nitrogens with zero attached hydrogens (tertiary/aromatic N) is 3. The van der Waals surface area contributed by atoms with Gasteiger partial charge < -0.3 is 15.2 Å². The van der Waals surface area contributed by atoms with Crippen LogP contribution in [-0.4, -0.2) is 45.1 Å². The Balaban J connectivity index is 2.14. The van der Waals surface area contributed by atoms with Crippen LogP contribution >= 0.6 is 0 Å². The number of ether oxygens (including phenoxy) is 1. The normalized spacial score (nSPS) is 24.7. The number of amides is 1. The molecule has 2 rings (SSSR count). The smallest absolute Gasteiger partial charge is 0.328 e. The Bertz CT molecular complexity index is 485. The van der Waals surface area contributed by atoms with Crippen LogP contribution in [-0.2, 0) is 14.3 Å². The van der Waals surface area contributed by atoms with E-state index in [2.05, 4.69) is 20.4 Å². The predicted molar refractivity (Wildman–Crippen MR) is 62.9 cm³/mol. The lowest BCUT2D eigenvalue weighted by molar-refractivity contribution is -0.147. The molecule has 1 fully saturated rings. The van der Waals surface area contributed by atoms with E-state index in [1.54, 1.807) is 13.1 Å². The van der Waals surface area contributed by atoms with Gasteiger partial charge >= 0.3 is 5.97 Å². The van der Waals surface area contributed by atoms with E-state index < -0.39 is 18.1 Å². The molecule has 0 radical (unpaired) electrons. The van der Waals surface area contributed by atoms with Gasteiger partial charge in [0.05, 0.1) is 25.5 Å². The van der Waals surface area contributed by atoms with Crippen molar-refractivity contribution >= 4 is 11.9 Å². The van der Waals surface area contributed by atoms with Crippen LogP contribution < -0.4 is 5.32 Å². The first kappa shape index (κ1) is 13.5. The first-order chi connectivity index (χ1) is 9.01. The summed E-state index contributed by atoms with van der Waals surface area (Å²) in [5.41, 5.74) is 0.431. The highest BCUT2D eigenvalue weighted by atomic mass is 16.5. The number of aliphatic hydroxyl groups excluding tert-OH is 1. The number of aromatic nitrogens is 3. The van der Waals surface area contributed by atoms with Crippen LogP contribution in [0.2, 0.25) is 0 Å². The average Bonchev–Trinajstić information content (AvgIpc) is 2.86. The number of methoxy groups -OCH3 is 1. The fourth-order valence-corrected chi connectivity index (χ4v) is 2.04. The fourth-order valence-electron chi connectivity index (χ4n) is 2.04. The summed E-state index contributed by atoms with van der Waals surface area (Å²) >= 11 is 0. The molecule has 3 atom stereocenters. The number of hydrogen-bond donors (Lipinski definition) is 2. The minimum atomic E-state index is -0.720. The van der Waals surface area contributed by atoms with Crippen LogP contribution in [0.4, 0.5) is 0 Å². The summed E-state index contributed by atoms with van der Waals surface area (Å²) in [5.74, 6) is -0.713. The van der Waals surface area contributed by atoms with E-state index in [1.165, 1.54) is 11.8 Å². The van der Waals surface area contributed by atoms with Crippen LogP contribution in [0.25, 0.3) is 0 Å². The number of hydrogen-bond acceptors (Lipinski definition) is 6. The zero-order valence-electron chi connectivity index (χ0n) is 10.7. The summed E-state index contributed by atoms with van der Waals surface area (Å²) in [6.07, 6.45) is 1.47. The van der Waals surface area contributed by atoms with Crippen molar-refractivity contribution in [2.24, 2.45) is 0 Å². The molecule has 2 heterocycles. The highest BCUT2D eigenvalue weighted by molar-refractivity contribution is 5.86. The largest absolute Gasteiger partial charge is 0.467 e. The average molecular weight is 268 g/mol. The lowest BCUT2D eigenvalue weighted by Crippen LogP contribution is -2.47. The third kappa shape index (κ3) is 2.90. The van der Waals surface area contributed by atoms with Gasteiger partial charge in [0.1, 0.15) is 11.7 Å². The molecule has 2 N–H and O–H groups in total. The lowest BCUT2D eigenvalue weighted by atomic mass is 9.99. The van der Waals surface area contributed by atoms with E-state index >= 15 is 0 Å². The molecule has 0 spiro atoms. The molecule has 8 heteroatoms. The summed E-state index contributed by atoms with van der Waals surface area (Å²) in [4.78, 5) is 23.1. The van der Waals surface area contributed by atoms with Crippen LogP contribution in [0, 0.1) is 0 Å². The molecule has 0 saturated carbocycles. The molecule has 19 heavy (non-hydrogen) atoms. The summed E-state index contributed by atoms with van der Waals surface area (Å²) < 4.78 is 6.14. The Morgan fingerprint density at radius 3 is 3.00 bits per heavy atom. The van der Waals surface area contributed by atoms with Crippen molar-refractivity contribution in [3.05, 3.63) is 11.9 Å². The quantitative estimate of drug-likeness (QED) is 0.704. The zero-order chi connectivity index (χ0) is 14.0. The minimum Gasteiger partial charge on any atom is -0.467 e. The molecule has 1 aliphatic heterocycles. The van der Waals surface area contributed by atoms with E-state index in [0.29, 0.717) is 12.1 Å². The van der Waals surface area contributed by atoms with E-state index in [4.69, 9.17) is 0 Å². The molecule has 3 unspecified atom stereocenters. The summed E-state index contributed by atoms with van der Waals surface area (Å²) in [6.45, 7) is 1.58. The van der Waals surface area contributed by atoms with Gasteiger partial charge in [-0.25, -0.2) is 9.48 Å². The standard InChI is InChI=1S/C11H16N4O4/c1-6(16)9-5-15(14-13-9)7-3-8(11(18)19-2)12-10(17)4-7/h5-8,16H,3-4H2,1-2H3,(H,12,17). The summed E-state index contributed by atoms with van der Waals surface area (Å²) in [6, 6.07) is -0.937. The number of rotatable bonds is 3. The van der Waals surface area contributed by atoms with Gasteiger partial charge in [-0.1, -0.05) is 5.21 Å². The van der Waals surface area contributed by atoms with Gasteiger partial charge in [-0.05, 0) is 6.92 Å². The van der Waals surface area contributed by atoms with Crippen LogP contribution in [0.15, 0.2) is 6.20 Å². The number of piperidine rings is 1. The van der Waals surface area contributed by atoms with Crippen molar-refractivity contribution in [3.63, 3.8) is 0 Å². The molecule has 1 amide bonds. The molecule has 0 bridgehead atoms. The number of aliphatic hydroxyl groups is 1. The van der Waals surface area contributed by atoms with Gasteiger partial charge in [0, 0.05) is 12.8 Å². The van der Waals surface area contributed by atoms with Gasteiger partial charge in [-0.15, -0.1) is 5.10 Å². The summed E-state index contributed by atoms with van der Waals surface area (Å²) in [5, 5.41) is 19.7. The van der Waals surface area contributed by atoms with Crippen molar-refractivity contribution in [1.82, 2.24) is 20.3 Å². The van der Waals surface area contributed by atoms with Crippen molar-refractivity contribution in [2.45, 2.75) is 38.0 Å². The Kier molecular flexibility index (Phi) is 3.79. The van der Waals surface area contributed by atoms with Crippen LogP contribution in [0.3, 0.4) is 0 Å². The number of carbonyl (C=O) groups is 2. The van der Waals surface area contributed by atoms with Crippen molar-refractivity contribution in [2.75, 3.05) is 7.11 Å². The Morgan fingerprint density at radius 2 is 2.42 bits per heavy atom. The fraction of sp³-hybridized carbons (Fsp3) is 0.636. The van der Waals surface area contributed by atoms with Gasteiger partial charge in [0.15, 0.2) is 0 Å². The van der Waals surface area contributed by atoms with Crippen molar-refractivity contribution in [1.29, 1.82) is 0 Å². The molecule has 1 saturated heterocycles. The monoisotopic (exact) mass is 268 g/mol. The van der Waals surface area contributed by atoms with Crippen LogP contribution in [0.5, 0.6) is 0 Å². The van der Waals surface area contributed by atoms with Crippen molar-refractivity contribution < 1.29 is 19.4 Å². The number of nitrogens with one attached hydrogen (secondary N) is 1. The molecular weight excluding hydrogens is 252 g/mol. The first-order valence-corrected chi connectivity index (χ1v) is 5.98. The third-order valence-electron chi connectivity index (χ3n) is 3.08. The highest BCUT2D eigenvalue weighted by Crippen LogP contribution is 2.23. The molecule has 1 aliphatic rings. The lowest BCUT2D eigenvalue weighted by Gasteiger charge is -2.27. The number of esters is 1. The molecule has 8 nitrogen and oxygen atoms in total. The molecule has 0 aromatic carbocycles. The Hall–Kier alpha value is -1.96. The van der Waals surface area contributed by atoms with Gasteiger partial charge in [-0.3, -0.25) is 4.79 Å². The molecule has 1 aromatic heterocycles. The Labute approximate surface area is 109 Å². The first-order valence-electron chi connectivity index (χ1n) is 5.98. The van der Waals surface area contributed by atoms with Gasteiger partial charge in [-0.2, -0.15) is 0 Å². The SMILES string of the molecule is COC(=O)C1CC(n2cc(C(C)O)nn2)CC(=O)N1. The number of carbonyl (C=O) groups excluding carboxylic acids is 2. The third-order valence-corrected chi connectivity index (χ3v) is 3.08. The second kappa shape index (κ2) is 5.35. The zero-order valence-corrected chi connectivity index (χ0v) is 10.7. The molecule has 1 aromatic rings. The van der Waals surface area contributed by atoms with E-state index in [9.17, 15) is 14.7 Å². The maximum atomic E-state index is 11.6. The molecule has 0 aliphatic carbocycles. The van der Waals surface area contributed by atoms with Gasteiger partial charge in [0.25, 0.3) is 0 Å². The topological polar surface area (TPSA) is 106 Å². The van der Waals surface area contributed by atoms with E-state index in [-0.39, 0.29) is 18.4 Å². The maximum Gasteiger partial charge on any atom is 0.328 e. The minimum absolute atomic E-state index is 0.218. The summed E-state index contributed by atoms with van der Waals surface area (Å²) in [7, 11) is 1.28. The van der Waals surface area contributed by atoms with E-state index in [1.807, 2.05) is 0 Å². The maximum absolute atomic E-state index is 11.6. The molecule has 104 valence electrons. The highest BCUT2D eigenvalue weighted by Gasteiger charge is 2.33. The second-order valence-electron chi connectivity index (χ2n) is 4.54.